The van der Waals surface area contributed by atoms with Crippen molar-refractivity contribution < 1.29 is 4.74 Å². The first-order chi connectivity index (χ1) is 9.19. The lowest BCUT2D eigenvalue weighted by molar-refractivity contribution is 0.255. The van der Waals surface area contributed by atoms with E-state index in [2.05, 4.69) is 50.4 Å². The highest BCUT2D eigenvalue weighted by Crippen LogP contribution is 2.22. The molecule has 2 rings (SSSR count). The number of ether oxygens (including phenoxy) is 1. The standard InChI is InChI=1S/C17H27NO/c1-4-14(3)15-5-9-17(10-6-15)19-12-13(2)11-18-16-7-8-16/h5-6,9-10,13-14,16,18H,4,7-8,11-12H2,1-3H3. The third kappa shape index (κ3) is 4.87. The Morgan fingerprint density at radius 3 is 2.47 bits per heavy atom. The van der Waals surface area contributed by atoms with E-state index in [9.17, 15) is 0 Å². The second kappa shape index (κ2) is 6.95. The molecule has 0 radical (unpaired) electrons. The summed E-state index contributed by atoms with van der Waals surface area (Å²) in [6, 6.07) is 9.37. The van der Waals surface area contributed by atoms with Crippen LogP contribution in [0.5, 0.6) is 5.75 Å². The summed E-state index contributed by atoms with van der Waals surface area (Å²) in [4.78, 5) is 0. The topological polar surface area (TPSA) is 21.3 Å². The van der Waals surface area contributed by atoms with Crippen LogP contribution in [0.2, 0.25) is 0 Å². The number of nitrogens with one attached hydrogen (secondary N) is 1. The zero-order valence-electron chi connectivity index (χ0n) is 12.5. The summed E-state index contributed by atoms with van der Waals surface area (Å²) in [5.41, 5.74) is 1.40. The molecule has 1 saturated carbocycles. The van der Waals surface area contributed by atoms with Crippen LogP contribution in [-0.2, 0) is 0 Å². The summed E-state index contributed by atoms with van der Waals surface area (Å²) in [6.07, 6.45) is 3.89. The first kappa shape index (κ1) is 14.4. The molecule has 1 aliphatic rings. The van der Waals surface area contributed by atoms with Crippen LogP contribution in [0.1, 0.15) is 51.5 Å². The largest absolute Gasteiger partial charge is 0.493 e. The van der Waals surface area contributed by atoms with E-state index >= 15 is 0 Å². The first-order valence-electron chi connectivity index (χ1n) is 7.65. The first-order valence-corrected chi connectivity index (χ1v) is 7.65. The van der Waals surface area contributed by atoms with E-state index in [0.717, 1.165) is 24.9 Å². The second-order valence-corrected chi connectivity index (χ2v) is 5.98. The number of benzene rings is 1. The van der Waals surface area contributed by atoms with Crippen molar-refractivity contribution in [3.8, 4) is 5.75 Å². The summed E-state index contributed by atoms with van der Waals surface area (Å²) in [6.45, 7) is 8.59. The summed E-state index contributed by atoms with van der Waals surface area (Å²) in [7, 11) is 0. The fraction of sp³-hybridized carbons (Fsp3) is 0.647. The van der Waals surface area contributed by atoms with E-state index in [-0.39, 0.29) is 0 Å². The maximum atomic E-state index is 5.85. The maximum Gasteiger partial charge on any atom is 0.119 e. The molecule has 1 aromatic carbocycles. The molecule has 106 valence electrons. The maximum absolute atomic E-state index is 5.85. The normalized spacial score (nSPS) is 18.1. The molecular formula is C17H27NO. The Morgan fingerprint density at radius 2 is 1.89 bits per heavy atom. The molecular weight excluding hydrogens is 234 g/mol. The van der Waals surface area contributed by atoms with Crippen LogP contribution < -0.4 is 10.1 Å². The van der Waals surface area contributed by atoms with Crippen LogP contribution in [0.15, 0.2) is 24.3 Å². The van der Waals surface area contributed by atoms with Crippen LogP contribution in [0.4, 0.5) is 0 Å². The lowest BCUT2D eigenvalue weighted by Crippen LogP contribution is -2.26. The molecule has 0 bridgehead atoms. The zero-order valence-corrected chi connectivity index (χ0v) is 12.5. The van der Waals surface area contributed by atoms with Gasteiger partial charge in [0.05, 0.1) is 6.61 Å². The van der Waals surface area contributed by atoms with Gasteiger partial charge in [-0.25, -0.2) is 0 Å². The fourth-order valence-electron chi connectivity index (χ4n) is 2.08. The van der Waals surface area contributed by atoms with Crippen LogP contribution in [0.25, 0.3) is 0 Å². The Bertz CT molecular complexity index is 369. The van der Waals surface area contributed by atoms with Gasteiger partial charge in [0.1, 0.15) is 5.75 Å². The third-order valence-electron chi connectivity index (χ3n) is 3.93. The SMILES string of the molecule is CCC(C)c1ccc(OCC(C)CNC2CC2)cc1. The fourth-order valence-corrected chi connectivity index (χ4v) is 2.08. The predicted molar refractivity (Wildman–Crippen MR) is 80.8 cm³/mol. The molecule has 0 aromatic heterocycles. The van der Waals surface area contributed by atoms with Gasteiger partial charge in [0, 0.05) is 18.5 Å². The highest BCUT2D eigenvalue weighted by Gasteiger charge is 2.20. The summed E-state index contributed by atoms with van der Waals surface area (Å²) >= 11 is 0. The average Bonchev–Trinajstić information content (AvgIpc) is 3.26. The summed E-state index contributed by atoms with van der Waals surface area (Å²) in [5, 5.41) is 3.54. The minimum Gasteiger partial charge on any atom is -0.493 e. The van der Waals surface area contributed by atoms with Gasteiger partial charge in [0.2, 0.25) is 0 Å². The van der Waals surface area contributed by atoms with Gasteiger partial charge < -0.3 is 10.1 Å². The predicted octanol–water partition coefficient (Wildman–Crippen LogP) is 3.97. The lowest BCUT2D eigenvalue weighted by atomic mass is 9.99. The average molecular weight is 261 g/mol. The number of rotatable bonds is 8. The van der Waals surface area contributed by atoms with Crippen LogP contribution >= 0.6 is 0 Å². The minimum absolute atomic E-state index is 0.565. The molecule has 0 spiro atoms. The van der Waals surface area contributed by atoms with Gasteiger partial charge in [-0.3, -0.25) is 0 Å². The van der Waals surface area contributed by atoms with Crippen molar-refractivity contribution in [1.82, 2.24) is 5.32 Å². The molecule has 1 fully saturated rings. The molecule has 2 heteroatoms. The van der Waals surface area contributed by atoms with Crippen molar-refractivity contribution in [1.29, 1.82) is 0 Å². The van der Waals surface area contributed by atoms with Gasteiger partial charge in [-0.1, -0.05) is 32.9 Å². The number of hydrogen-bond donors (Lipinski definition) is 1. The van der Waals surface area contributed by atoms with Gasteiger partial charge in [0.25, 0.3) is 0 Å². The van der Waals surface area contributed by atoms with Gasteiger partial charge in [0.15, 0.2) is 0 Å². The van der Waals surface area contributed by atoms with Crippen molar-refractivity contribution in [3.63, 3.8) is 0 Å². The molecule has 0 amide bonds. The Morgan fingerprint density at radius 1 is 1.21 bits per heavy atom. The van der Waals surface area contributed by atoms with Crippen LogP contribution in [0, 0.1) is 5.92 Å². The summed E-state index contributed by atoms with van der Waals surface area (Å²) < 4.78 is 5.85. The van der Waals surface area contributed by atoms with Crippen LogP contribution in [-0.4, -0.2) is 19.2 Å². The van der Waals surface area contributed by atoms with Crippen molar-refractivity contribution in [2.45, 2.75) is 52.0 Å². The van der Waals surface area contributed by atoms with Gasteiger partial charge in [-0.15, -0.1) is 0 Å². The Labute approximate surface area is 117 Å². The molecule has 2 unspecified atom stereocenters. The van der Waals surface area contributed by atoms with E-state index in [1.807, 2.05) is 0 Å². The molecule has 2 nitrogen and oxygen atoms in total. The highest BCUT2D eigenvalue weighted by atomic mass is 16.5. The highest BCUT2D eigenvalue weighted by molar-refractivity contribution is 5.29. The molecule has 0 saturated heterocycles. The Balaban J connectivity index is 1.72. The molecule has 0 aliphatic heterocycles. The second-order valence-electron chi connectivity index (χ2n) is 5.98. The monoisotopic (exact) mass is 261 g/mol. The third-order valence-corrected chi connectivity index (χ3v) is 3.93. The van der Waals surface area contributed by atoms with Crippen molar-refractivity contribution in [3.05, 3.63) is 29.8 Å². The van der Waals surface area contributed by atoms with Gasteiger partial charge in [-0.2, -0.15) is 0 Å². The van der Waals surface area contributed by atoms with E-state index in [0.29, 0.717) is 11.8 Å². The molecule has 1 aliphatic carbocycles. The Kier molecular flexibility index (Phi) is 5.26. The van der Waals surface area contributed by atoms with Crippen molar-refractivity contribution in [2.75, 3.05) is 13.2 Å². The number of hydrogen-bond acceptors (Lipinski definition) is 2. The molecule has 1 aromatic rings. The van der Waals surface area contributed by atoms with Gasteiger partial charge >= 0.3 is 0 Å². The lowest BCUT2D eigenvalue weighted by Gasteiger charge is -2.15. The van der Waals surface area contributed by atoms with Crippen molar-refractivity contribution >= 4 is 0 Å². The molecule has 2 atom stereocenters. The Hall–Kier alpha value is -1.02. The minimum atomic E-state index is 0.565. The summed E-state index contributed by atoms with van der Waals surface area (Å²) in [5.74, 6) is 2.19. The van der Waals surface area contributed by atoms with E-state index in [1.54, 1.807) is 0 Å². The van der Waals surface area contributed by atoms with E-state index in [1.165, 1.54) is 24.8 Å². The smallest absolute Gasteiger partial charge is 0.119 e. The van der Waals surface area contributed by atoms with Gasteiger partial charge in [-0.05, 0) is 42.9 Å². The molecule has 19 heavy (non-hydrogen) atoms. The van der Waals surface area contributed by atoms with Crippen molar-refractivity contribution in [2.24, 2.45) is 5.92 Å². The quantitative estimate of drug-likeness (QED) is 0.764. The zero-order chi connectivity index (χ0) is 13.7. The molecule has 1 N–H and O–H groups in total. The van der Waals surface area contributed by atoms with Crippen LogP contribution in [0.3, 0.4) is 0 Å². The molecule has 0 heterocycles. The van der Waals surface area contributed by atoms with E-state index < -0.39 is 0 Å². The van der Waals surface area contributed by atoms with E-state index in [4.69, 9.17) is 4.74 Å².